The Balaban J connectivity index is 0.816. The Morgan fingerprint density at radius 1 is 0.431 bits per heavy atom. The van der Waals surface area contributed by atoms with E-state index in [4.69, 9.17) is 19.4 Å². The number of fused-ring (bicyclic) bond motifs is 6. The van der Waals surface area contributed by atoms with Crippen LogP contribution in [0.2, 0.25) is 0 Å². The van der Waals surface area contributed by atoms with E-state index in [-0.39, 0.29) is 0 Å². The molecule has 0 aliphatic rings. The summed E-state index contributed by atoms with van der Waals surface area (Å²) in [7, 11) is 3.41. The fourth-order valence-corrected chi connectivity index (χ4v) is 9.31. The number of benzene rings is 6. The molecule has 0 aliphatic heterocycles. The van der Waals surface area contributed by atoms with Gasteiger partial charge in [-0.05, 0) is 110 Å². The van der Waals surface area contributed by atoms with Crippen molar-refractivity contribution in [3.63, 3.8) is 0 Å². The number of hydrogen-bond acceptors (Lipinski definition) is 6. The lowest BCUT2D eigenvalue weighted by Gasteiger charge is -2.14. The quantitative estimate of drug-likeness (QED) is 0.0837. The average Bonchev–Trinajstić information content (AvgIpc) is 3.85. The minimum absolute atomic E-state index is 0.696. The Bertz CT molecular complexity index is 2980. The SMILES string of the molecule is COc1ccc(-c2nc(CNCCCCCNCc3cc4c5ccccc5n(Cc5ccccc5)c4c(-c4ccc(OC)cc4)n3)cc3c4ccccc4n(Cc4ccccc4)c23)cc1. The predicted molar refractivity (Wildman–Crippen MR) is 267 cm³/mol. The number of rotatable bonds is 18. The molecule has 324 valence electrons. The van der Waals surface area contributed by atoms with Gasteiger partial charge in [0.1, 0.15) is 11.5 Å². The lowest BCUT2D eigenvalue weighted by Crippen LogP contribution is -2.18. The number of nitrogens with zero attached hydrogens (tertiary/aromatic N) is 4. The molecule has 0 bridgehead atoms. The van der Waals surface area contributed by atoms with E-state index >= 15 is 0 Å². The lowest BCUT2D eigenvalue weighted by molar-refractivity contribution is 0.415. The van der Waals surface area contributed by atoms with Gasteiger partial charge in [-0.15, -0.1) is 0 Å². The highest BCUT2D eigenvalue weighted by Gasteiger charge is 2.20. The first-order valence-corrected chi connectivity index (χ1v) is 22.7. The van der Waals surface area contributed by atoms with Gasteiger partial charge in [0, 0.05) is 69.9 Å². The molecule has 8 nitrogen and oxygen atoms in total. The van der Waals surface area contributed by atoms with E-state index in [0.29, 0.717) is 13.1 Å². The van der Waals surface area contributed by atoms with Crippen molar-refractivity contribution in [1.29, 1.82) is 0 Å². The summed E-state index contributed by atoms with van der Waals surface area (Å²) in [5, 5.41) is 12.4. The van der Waals surface area contributed by atoms with Gasteiger partial charge in [-0.2, -0.15) is 0 Å². The third-order valence-corrected chi connectivity index (χ3v) is 12.5. The van der Waals surface area contributed by atoms with E-state index in [1.54, 1.807) is 14.2 Å². The van der Waals surface area contributed by atoms with Crippen LogP contribution in [-0.2, 0) is 26.2 Å². The lowest BCUT2D eigenvalue weighted by atomic mass is 10.1. The highest BCUT2D eigenvalue weighted by Crippen LogP contribution is 2.38. The van der Waals surface area contributed by atoms with Crippen LogP contribution in [0.5, 0.6) is 11.5 Å². The first-order chi connectivity index (χ1) is 32.1. The van der Waals surface area contributed by atoms with Crippen molar-refractivity contribution in [2.24, 2.45) is 0 Å². The minimum Gasteiger partial charge on any atom is -0.497 e. The Labute approximate surface area is 380 Å². The second kappa shape index (κ2) is 19.2. The second-order valence-electron chi connectivity index (χ2n) is 16.8. The summed E-state index contributed by atoms with van der Waals surface area (Å²) in [5.74, 6) is 1.66. The standard InChI is InChI=1S/C57H54N6O2/c1-64-46-28-24-42(25-29-46)54-56-50(48-20-10-12-22-52(48)62(56)38-40-16-6-3-7-17-40)34-44(60-54)36-58-32-14-5-15-33-59-37-45-35-51-49-21-11-13-23-53(49)63(39-41-18-8-4-9-19-41)57(51)55(61-45)43-26-30-47(65-2)31-27-43/h3-4,6-13,16-31,34-35,58-59H,5,14-15,32-33,36-39H2,1-2H3. The maximum Gasteiger partial charge on any atom is 0.118 e. The molecule has 65 heavy (non-hydrogen) atoms. The zero-order chi connectivity index (χ0) is 44.0. The van der Waals surface area contributed by atoms with Crippen LogP contribution in [0.15, 0.2) is 170 Å². The number of unbranched alkanes of at least 4 members (excludes halogenated alkanes) is 2. The van der Waals surface area contributed by atoms with E-state index < -0.39 is 0 Å². The third-order valence-electron chi connectivity index (χ3n) is 12.5. The number of hydrogen-bond donors (Lipinski definition) is 2. The summed E-state index contributed by atoms with van der Waals surface area (Å²) < 4.78 is 15.9. The monoisotopic (exact) mass is 854 g/mol. The van der Waals surface area contributed by atoms with E-state index in [1.807, 2.05) is 24.3 Å². The van der Waals surface area contributed by atoms with Crippen molar-refractivity contribution in [2.45, 2.75) is 45.4 Å². The Morgan fingerprint density at radius 3 is 1.25 bits per heavy atom. The molecule has 6 aromatic carbocycles. The van der Waals surface area contributed by atoms with Gasteiger partial charge in [-0.25, -0.2) is 9.97 Å². The Morgan fingerprint density at radius 2 is 0.831 bits per heavy atom. The van der Waals surface area contributed by atoms with Crippen molar-refractivity contribution in [2.75, 3.05) is 27.3 Å². The number of pyridine rings is 2. The summed E-state index contributed by atoms with van der Waals surface area (Å²) in [5.41, 5.74) is 13.4. The van der Waals surface area contributed by atoms with Gasteiger partial charge >= 0.3 is 0 Å². The second-order valence-corrected chi connectivity index (χ2v) is 16.8. The van der Waals surface area contributed by atoms with Crippen molar-refractivity contribution < 1.29 is 9.47 Å². The predicted octanol–water partition coefficient (Wildman–Crippen LogP) is 12.2. The minimum atomic E-state index is 0.696. The van der Waals surface area contributed by atoms with E-state index in [1.165, 1.54) is 43.7 Å². The van der Waals surface area contributed by atoms with Crippen LogP contribution < -0.4 is 20.1 Å². The fraction of sp³-hybridized carbons (Fsp3) is 0.193. The van der Waals surface area contributed by atoms with Gasteiger partial charge < -0.3 is 29.2 Å². The summed E-state index contributed by atoms with van der Waals surface area (Å²) in [4.78, 5) is 10.7. The highest BCUT2D eigenvalue weighted by molar-refractivity contribution is 6.13. The molecule has 10 aromatic rings. The van der Waals surface area contributed by atoms with Crippen LogP contribution in [-0.4, -0.2) is 46.4 Å². The molecule has 4 heterocycles. The molecular weight excluding hydrogens is 801 g/mol. The van der Waals surface area contributed by atoms with Crippen LogP contribution in [0.1, 0.15) is 41.8 Å². The summed E-state index contributed by atoms with van der Waals surface area (Å²) in [6.07, 6.45) is 3.28. The molecule has 0 atom stereocenters. The molecule has 0 radical (unpaired) electrons. The molecule has 0 saturated heterocycles. The first-order valence-electron chi connectivity index (χ1n) is 22.7. The number of para-hydroxylation sites is 2. The molecular formula is C57H54N6O2. The molecule has 0 saturated carbocycles. The number of methoxy groups -OCH3 is 2. The maximum atomic E-state index is 5.52. The zero-order valence-corrected chi connectivity index (χ0v) is 37.1. The molecule has 10 rings (SSSR count). The number of nitrogens with one attached hydrogen (secondary N) is 2. The summed E-state index contributed by atoms with van der Waals surface area (Å²) in [6, 6.07) is 60.0. The summed E-state index contributed by atoms with van der Waals surface area (Å²) >= 11 is 0. The van der Waals surface area contributed by atoms with Crippen LogP contribution in [0.25, 0.3) is 66.1 Å². The van der Waals surface area contributed by atoms with E-state index in [0.717, 1.165) is 102 Å². The molecule has 0 amide bonds. The van der Waals surface area contributed by atoms with Crippen molar-refractivity contribution in [3.8, 4) is 34.0 Å². The van der Waals surface area contributed by atoms with Gasteiger partial charge in [-0.1, -0.05) is 103 Å². The van der Waals surface area contributed by atoms with Crippen LogP contribution in [0, 0.1) is 0 Å². The van der Waals surface area contributed by atoms with Crippen molar-refractivity contribution in [1.82, 2.24) is 29.7 Å². The molecule has 0 unspecified atom stereocenters. The van der Waals surface area contributed by atoms with Gasteiger partial charge in [-0.3, -0.25) is 0 Å². The average molecular weight is 855 g/mol. The van der Waals surface area contributed by atoms with Crippen LogP contribution in [0.4, 0.5) is 0 Å². The molecule has 0 spiro atoms. The van der Waals surface area contributed by atoms with Gasteiger partial charge in [0.2, 0.25) is 0 Å². The number of aromatic nitrogens is 4. The van der Waals surface area contributed by atoms with E-state index in [2.05, 4.69) is 165 Å². The Hall–Kier alpha value is -7.26. The van der Waals surface area contributed by atoms with E-state index in [9.17, 15) is 0 Å². The third kappa shape index (κ3) is 8.83. The van der Waals surface area contributed by atoms with Crippen molar-refractivity contribution in [3.05, 3.63) is 192 Å². The van der Waals surface area contributed by atoms with Crippen LogP contribution >= 0.6 is 0 Å². The van der Waals surface area contributed by atoms with Gasteiger partial charge in [0.15, 0.2) is 0 Å². The summed E-state index contributed by atoms with van der Waals surface area (Å²) in [6.45, 7) is 4.76. The molecule has 2 N–H and O–H groups in total. The fourth-order valence-electron chi connectivity index (χ4n) is 9.31. The Kier molecular flexibility index (Phi) is 12.3. The highest BCUT2D eigenvalue weighted by atomic mass is 16.5. The largest absolute Gasteiger partial charge is 0.497 e. The molecule has 0 aliphatic carbocycles. The van der Waals surface area contributed by atoms with Gasteiger partial charge in [0.25, 0.3) is 0 Å². The topological polar surface area (TPSA) is 78.2 Å². The first kappa shape index (κ1) is 41.7. The van der Waals surface area contributed by atoms with Crippen molar-refractivity contribution >= 4 is 43.6 Å². The normalized spacial score (nSPS) is 11.6. The van der Waals surface area contributed by atoms with Crippen LogP contribution in [0.3, 0.4) is 0 Å². The zero-order valence-electron chi connectivity index (χ0n) is 37.1. The molecule has 0 fully saturated rings. The van der Waals surface area contributed by atoms with Gasteiger partial charge in [0.05, 0.1) is 48.0 Å². The smallest absolute Gasteiger partial charge is 0.118 e. The molecule has 4 aromatic heterocycles. The molecule has 8 heteroatoms. The maximum absolute atomic E-state index is 5.52. The number of ether oxygens (including phenoxy) is 2.